The molecule has 1 unspecified atom stereocenters. The molecule has 5 heteroatoms. The van der Waals surface area contributed by atoms with Crippen LogP contribution in [0.5, 0.6) is 0 Å². The lowest BCUT2D eigenvalue weighted by Crippen LogP contribution is -2.46. The Morgan fingerprint density at radius 1 is 1.30 bits per heavy atom. The molecule has 5 nitrogen and oxygen atoms in total. The van der Waals surface area contributed by atoms with Gasteiger partial charge in [-0.25, -0.2) is 4.99 Å². The first kappa shape index (κ1) is 19.7. The van der Waals surface area contributed by atoms with E-state index in [1.165, 1.54) is 36.9 Å². The number of fused-ring (bicyclic) bond motifs is 1. The van der Waals surface area contributed by atoms with Crippen LogP contribution in [0.2, 0.25) is 0 Å². The smallest absolute Gasteiger partial charge is 0.191 e. The van der Waals surface area contributed by atoms with Gasteiger partial charge in [-0.2, -0.15) is 0 Å². The second-order valence-corrected chi connectivity index (χ2v) is 7.82. The summed E-state index contributed by atoms with van der Waals surface area (Å²) in [6.07, 6.45) is 2.58. The SMILES string of the molecule is CCNC(=NCc1oc2ccccc2c1C)NCC1CCCN(C(C)C)C1. The van der Waals surface area contributed by atoms with Gasteiger partial charge < -0.3 is 20.0 Å². The van der Waals surface area contributed by atoms with E-state index < -0.39 is 0 Å². The van der Waals surface area contributed by atoms with Crippen molar-refractivity contribution in [2.24, 2.45) is 10.9 Å². The van der Waals surface area contributed by atoms with E-state index in [4.69, 9.17) is 9.41 Å². The largest absolute Gasteiger partial charge is 0.459 e. The molecular weight excluding hydrogens is 336 g/mol. The quantitative estimate of drug-likeness (QED) is 0.598. The first-order valence-corrected chi connectivity index (χ1v) is 10.3. The molecule has 2 N–H and O–H groups in total. The molecule has 1 atom stereocenters. The van der Waals surface area contributed by atoms with Gasteiger partial charge in [0.2, 0.25) is 0 Å². The summed E-state index contributed by atoms with van der Waals surface area (Å²) in [7, 11) is 0. The number of likely N-dealkylation sites (tertiary alicyclic amines) is 1. The Kier molecular flexibility index (Phi) is 6.78. The Morgan fingerprint density at radius 2 is 2.11 bits per heavy atom. The van der Waals surface area contributed by atoms with Crippen molar-refractivity contribution in [3.05, 3.63) is 35.6 Å². The van der Waals surface area contributed by atoms with E-state index in [-0.39, 0.29) is 0 Å². The minimum atomic E-state index is 0.554. The molecule has 1 fully saturated rings. The highest BCUT2D eigenvalue weighted by Crippen LogP contribution is 2.25. The molecule has 2 aromatic rings. The highest BCUT2D eigenvalue weighted by atomic mass is 16.3. The number of furan rings is 1. The molecule has 3 rings (SSSR count). The van der Waals surface area contributed by atoms with Crippen LogP contribution in [-0.2, 0) is 6.54 Å². The molecule has 1 saturated heterocycles. The molecular formula is C22H34N4O. The summed E-state index contributed by atoms with van der Waals surface area (Å²) < 4.78 is 5.99. The fourth-order valence-corrected chi connectivity index (χ4v) is 3.84. The first-order valence-electron chi connectivity index (χ1n) is 10.3. The fourth-order valence-electron chi connectivity index (χ4n) is 3.84. The number of nitrogens with one attached hydrogen (secondary N) is 2. The molecule has 1 aliphatic rings. The monoisotopic (exact) mass is 370 g/mol. The normalized spacial score (nSPS) is 19.0. The minimum absolute atomic E-state index is 0.554. The Hall–Kier alpha value is -2.01. The van der Waals surface area contributed by atoms with Crippen LogP contribution in [0.25, 0.3) is 11.0 Å². The molecule has 0 amide bonds. The molecule has 0 aliphatic carbocycles. The lowest BCUT2D eigenvalue weighted by molar-refractivity contribution is 0.141. The Bertz CT molecular complexity index is 765. The van der Waals surface area contributed by atoms with Gasteiger partial charge in [0.05, 0.1) is 0 Å². The van der Waals surface area contributed by atoms with Crippen LogP contribution in [0.3, 0.4) is 0 Å². The van der Waals surface area contributed by atoms with Crippen LogP contribution in [0, 0.1) is 12.8 Å². The van der Waals surface area contributed by atoms with E-state index >= 15 is 0 Å². The van der Waals surface area contributed by atoms with Gasteiger partial charge in [0.25, 0.3) is 0 Å². The summed E-state index contributed by atoms with van der Waals surface area (Å²) >= 11 is 0. The zero-order valence-corrected chi connectivity index (χ0v) is 17.2. The van der Waals surface area contributed by atoms with Crippen LogP contribution in [0.4, 0.5) is 0 Å². The van der Waals surface area contributed by atoms with Gasteiger partial charge in [-0.1, -0.05) is 18.2 Å². The van der Waals surface area contributed by atoms with Gasteiger partial charge in [-0.05, 0) is 59.1 Å². The van der Waals surface area contributed by atoms with E-state index in [2.05, 4.69) is 49.3 Å². The van der Waals surface area contributed by atoms with Gasteiger partial charge in [0.1, 0.15) is 17.9 Å². The molecule has 27 heavy (non-hydrogen) atoms. The number of rotatable bonds is 6. The second-order valence-electron chi connectivity index (χ2n) is 7.82. The van der Waals surface area contributed by atoms with Gasteiger partial charge in [-0.3, -0.25) is 0 Å². The van der Waals surface area contributed by atoms with Gasteiger partial charge in [0, 0.05) is 36.6 Å². The van der Waals surface area contributed by atoms with E-state index in [0.29, 0.717) is 18.5 Å². The van der Waals surface area contributed by atoms with Crippen molar-refractivity contribution in [3.63, 3.8) is 0 Å². The molecule has 0 bridgehead atoms. The van der Waals surface area contributed by atoms with Crippen LogP contribution >= 0.6 is 0 Å². The van der Waals surface area contributed by atoms with Gasteiger partial charge in [0.15, 0.2) is 5.96 Å². The van der Waals surface area contributed by atoms with Gasteiger partial charge in [-0.15, -0.1) is 0 Å². The number of aryl methyl sites for hydroxylation is 1. The summed E-state index contributed by atoms with van der Waals surface area (Å²) in [5, 5.41) is 8.08. The highest BCUT2D eigenvalue weighted by molar-refractivity contribution is 5.82. The van der Waals surface area contributed by atoms with E-state index in [9.17, 15) is 0 Å². The molecule has 1 aromatic carbocycles. The second kappa shape index (κ2) is 9.27. The van der Waals surface area contributed by atoms with Crippen molar-refractivity contribution in [2.45, 2.75) is 53.1 Å². The average Bonchev–Trinajstić information content (AvgIpc) is 3.00. The molecule has 0 spiro atoms. The van der Waals surface area contributed by atoms with Crippen molar-refractivity contribution in [1.29, 1.82) is 0 Å². The van der Waals surface area contributed by atoms with Crippen molar-refractivity contribution in [2.75, 3.05) is 26.2 Å². The first-order chi connectivity index (χ1) is 13.1. The molecule has 0 saturated carbocycles. The standard InChI is InChI=1S/C22H34N4O/c1-5-23-22(24-13-18-9-8-12-26(15-18)16(2)3)25-14-21-17(4)19-10-6-7-11-20(19)27-21/h6-7,10-11,16,18H,5,8-9,12-15H2,1-4H3,(H2,23,24,25). The maximum absolute atomic E-state index is 5.99. The molecule has 1 aromatic heterocycles. The van der Waals surface area contributed by atoms with Crippen LogP contribution in [-0.4, -0.2) is 43.1 Å². The van der Waals surface area contributed by atoms with Crippen LogP contribution in [0.15, 0.2) is 33.7 Å². The predicted octanol–water partition coefficient (Wildman–Crippen LogP) is 3.92. The summed E-state index contributed by atoms with van der Waals surface area (Å²) in [6.45, 7) is 13.6. The lowest BCUT2D eigenvalue weighted by Gasteiger charge is -2.35. The van der Waals surface area contributed by atoms with E-state index in [0.717, 1.165) is 30.4 Å². The number of guanidine groups is 1. The average molecular weight is 371 g/mol. The van der Waals surface area contributed by atoms with E-state index in [1.807, 2.05) is 18.2 Å². The third-order valence-electron chi connectivity index (χ3n) is 5.51. The number of benzene rings is 1. The number of hydrogen-bond donors (Lipinski definition) is 2. The van der Waals surface area contributed by atoms with Crippen molar-refractivity contribution in [1.82, 2.24) is 15.5 Å². The number of aliphatic imine (C=N–C) groups is 1. The third kappa shape index (κ3) is 5.04. The number of nitrogens with zero attached hydrogens (tertiary/aromatic N) is 2. The molecule has 2 heterocycles. The molecule has 148 valence electrons. The van der Waals surface area contributed by atoms with Crippen LogP contribution < -0.4 is 10.6 Å². The minimum Gasteiger partial charge on any atom is -0.459 e. The Labute approximate surface area is 163 Å². The zero-order chi connectivity index (χ0) is 19.2. The van der Waals surface area contributed by atoms with Crippen molar-refractivity contribution >= 4 is 16.9 Å². The van der Waals surface area contributed by atoms with Crippen molar-refractivity contribution in [3.8, 4) is 0 Å². The summed E-state index contributed by atoms with van der Waals surface area (Å²) in [4.78, 5) is 7.35. The van der Waals surface area contributed by atoms with Gasteiger partial charge >= 0.3 is 0 Å². The molecule has 1 aliphatic heterocycles. The Balaban J connectivity index is 1.61. The fraction of sp³-hybridized carbons (Fsp3) is 0.591. The summed E-state index contributed by atoms with van der Waals surface area (Å²) in [6, 6.07) is 8.81. The van der Waals surface area contributed by atoms with Crippen LogP contribution in [0.1, 0.15) is 44.9 Å². The highest BCUT2D eigenvalue weighted by Gasteiger charge is 2.21. The maximum atomic E-state index is 5.99. The number of para-hydroxylation sites is 1. The summed E-state index contributed by atoms with van der Waals surface area (Å²) in [5.41, 5.74) is 2.12. The number of piperidine rings is 1. The summed E-state index contributed by atoms with van der Waals surface area (Å²) in [5.74, 6) is 2.49. The zero-order valence-electron chi connectivity index (χ0n) is 17.2. The Morgan fingerprint density at radius 3 is 2.85 bits per heavy atom. The van der Waals surface area contributed by atoms with Crippen molar-refractivity contribution < 1.29 is 4.42 Å². The lowest BCUT2D eigenvalue weighted by atomic mass is 9.97. The topological polar surface area (TPSA) is 52.8 Å². The number of hydrogen-bond acceptors (Lipinski definition) is 3. The predicted molar refractivity (Wildman–Crippen MR) is 113 cm³/mol. The van der Waals surface area contributed by atoms with E-state index in [1.54, 1.807) is 0 Å². The molecule has 0 radical (unpaired) electrons. The maximum Gasteiger partial charge on any atom is 0.191 e. The third-order valence-corrected chi connectivity index (χ3v) is 5.51.